The van der Waals surface area contributed by atoms with Gasteiger partial charge in [-0.1, -0.05) is 34.6 Å². The number of benzene rings is 1. The zero-order valence-corrected chi connectivity index (χ0v) is 19.4. The lowest BCUT2D eigenvalue weighted by Crippen LogP contribution is -2.16. The average molecular weight is 443 g/mol. The van der Waals surface area contributed by atoms with Gasteiger partial charge < -0.3 is 9.68 Å². The Kier molecular flexibility index (Phi) is 6.33. The molecule has 0 atom stereocenters. The van der Waals surface area contributed by atoms with Crippen molar-refractivity contribution in [2.24, 2.45) is 10.3 Å². The van der Waals surface area contributed by atoms with E-state index in [1.165, 1.54) is 22.1 Å². The molecule has 33 heavy (non-hydrogen) atoms. The second kappa shape index (κ2) is 9.69. The predicted molar refractivity (Wildman–Crippen MR) is 131 cm³/mol. The molecule has 0 fully saturated rings. The van der Waals surface area contributed by atoms with Gasteiger partial charge in [0.25, 0.3) is 0 Å². The molecule has 2 aliphatic carbocycles. The number of aromatic nitrogens is 2. The van der Waals surface area contributed by atoms with E-state index in [9.17, 15) is 0 Å². The number of rotatable bonds is 6. The number of hydrogen-bond acceptors (Lipinski definition) is 6. The van der Waals surface area contributed by atoms with Crippen molar-refractivity contribution in [1.29, 1.82) is 0 Å². The third-order valence-electron chi connectivity index (χ3n) is 6.46. The van der Waals surface area contributed by atoms with Crippen LogP contribution in [0, 0.1) is 13.8 Å². The van der Waals surface area contributed by atoms with Gasteiger partial charge in [-0.05, 0) is 81.2 Å². The largest absolute Gasteiger partial charge is 0.395 e. The minimum atomic E-state index is 0.490. The molecule has 0 aliphatic heterocycles. The molecule has 2 heterocycles. The van der Waals surface area contributed by atoms with Gasteiger partial charge in [0, 0.05) is 17.5 Å². The maximum Gasteiger partial charge on any atom is 0.120 e. The number of fused-ring (bicyclic) bond motifs is 3. The SMILES string of the molecule is Cc1ccc2c(n1)C(=NOCCCON=C1CCCc3c1nc1ccccc1c3C)CCC2. The molecule has 2 aromatic heterocycles. The molecular weight excluding hydrogens is 412 g/mol. The van der Waals surface area contributed by atoms with Gasteiger partial charge in [-0.15, -0.1) is 0 Å². The molecule has 0 saturated heterocycles. The van der Waals surface area contributed by atoms with Crippen LogP contribution >= 0.6 is 0 Å². The zero-order valence-electron chi connectivity index (χ0n) is 19.4. The van der Waals surface area contributed by atoms with E-state index in [2.05, 4.69) is 52.6 Å². The van der Waals surface area contributed by atoms with Crippen LogP contribution in [0.2, 0.25) is 0 Å². The van der Waals surface area contributed by atoms with Crippen molar-refractivity contribution in [3.8, 4) is 0 Å². The third kappa shape index (κ3) is 4.61. The molecule has 0 radical (unpaired) electrons. The zero-order chi connectivity index (χ0) is 22.6. The van der Waals surface area contributed by atoms with Crippen LogP contribution in [-0.2, 0) is 22.5 Å². The molecule has 0 N–H and O–H groups in total. The van der Waals surface area contributed by atoms with Crippen molar-refractivity contribution in [1.82, 2.24) is 9.97 Å². The van der Waals surface area contributed by atoms with Crippen LogP contribution < -0.4 is 0 Å². The summed E-state index contributed by atoms with van der Waals surface area (Å²) in [7, 11) is 0. The molecule has 2 aliphatic rings. The highest BCUT2D eigenvalue weighted by molar-refractivity contribution is 6.03. The van der Waals surface area contributed by atoms with Crippen molar-refractivity contribution in [3.63, 3.8) is 0 Å². The van der Waals surface area contributed by atoms with E-state index in [1.54, 1.807) is 0 Å². The fourth-order valence-electron chi connectivity index (χ4n) is 4.73. The first kappa shape index (κ1) is 21.6. The van der Waals surface area contributed by atoms with E-state index in [0.29, 0.717) is 13.2 Å². The molecule has 0 spiro atoms. The number of aryl methyl sites for hydroxylation is 3. The summed E-state index contributed by atoms with van der Waals surface area (Å²) >= 11 is 0. The van der Waals surface area contributed by atoms with E-state index in [4.69, 9.17) is 14.7 Å². The first-order valence-electron chi connectivity index (χ1n) is 11.9. The smallest absolute Gasteiger partial charge is 0.120 e. The lowest BCUT2D eigenvalue weighted by Gasteiger charge is -2.20. The van der Waals surface area contributed by atoms with Crippen molar-refractivity contribution < 1.29 is 9.68 Å². The Morgan fingerprint density at radius 3 is 2.33 bits per heavy atom. The summed E-state index contributed by atoms with van der Waals surface area (Å²) in [5, 5.41) is 10.1. The lowest BCUT2D eigenvalue weighted by atomic mass is 9.89. The molecular formula is C27H30N4O2. The molecule has 6 nitrogen and oxygen atoms in total. The Labute approximate surface area is 194 Å². The summed E-state index contributed by atoms with van der Waals surface area (Å²) in [6, 6.07) is 12.5. The van der Waals surface area contributed by atoms with E-state index >= 15 is 0 Å². The Morgan fingerprint density at radius 2 is 1.52 bits per heavy atom. The number of oxime groups is 2. The van der Waals surface area contributed by atoms with Crippen molar-refractivity contribution >= 4 is 22.3 Å². The van der Waals surface area contributed by atoms with Crippen LogP contribution in [0.5, 0.6) is 0 Å². The standard InChI is InChI=1S/C27H30N4O2/c1-18-14-15-20-8-5-12-24(26(20)28-18)30-32-16-7-17-33-31-25-13-6-10-22-19(2)21-9-3-4-11-23(21)29-27(22)25/h3-4,9,11,14-15H,5-8,10,12-13,16-17H2,1-2H3. The van der Waals surface area contributed by atoms with Gasteiger partial charge >= 0.3 is 0 Å². The van der Waals surface area contributed by atoms with Gasteiger partial charge in [-0.2, -0.15) is 0 Å². The minimum Gasteiger partial charge on any atom is -0.395 e. The van der Waals surface area contributed by atoms with Crippen LogP contribution in [0.1, 0.15) is 65.9 Å². The van der Waals surface area contributed by atoms with E-state index < -0.39 is 0 Å². The molecule has 5 rings (SSSR count). The Morgan fingerprint density at radius 1 is 0.788 bits per heavy atom. The van der Waals surface area contributed by atoms with Crippen LogP contribution in [0.4, 0.5) is 0 Å². The minimum absolute atomic E-state index is 0.490. The predicted octanol–water partition coefficient (Wildman–Crippen LogP) is 5.45. The van der Waals surface area contributed by atoms with Gasteiger partial charge in [-0.3, -0.25) is 4.98 Å². The van der Waals surface area contributed by atoms with Crippen molar-refractivity contribution in [2.45, 2.75) is 58.8 Å². The lowest BCUT2D eigenvalue weighted by molar-refractivity contribution is 0.0894. The first-order chi connectivity index (χ1) is 16.2. The van der Waals surface area contributed by atoms with Gasteiger partial charge in [0.15, 0.2) is 0 Å². The maximum atomic E-state index is 5.65. The molecule has 0 unspecified atom stereocenters. The van der Waals surface area contributed by atoms with Crippen LogP contribution in [0.15, 0.2) is 46.7 Å². The van der Waals surface area contributed by atoms with Crippen molar-refractivity contribution in [3.05, 3.63) is 70.2 Å². The fourth-order valence-corrected chi connectivity index (χ4v) is 4.73. The number of nitrogens with zero attached hydrogens (tertiary/aromatic N) is 4. The molecule has 1 aromatic carbocycles. The van der Waals surface area contributed by atoms with Crippen LogP contribution in [0.3, 0.4) is 0 Å². The summed E-state index contributed by atoms with van der Waals surface area (Å²) in [4.78, 5) is 20.8. The molecule has 0 amide bonds. The Balaban J connectivity index is 1.17. The first-order valence-corrected chi connectivity index (χ1v) is 11.9. The highest BCUT2D eigenvalue weighted by Gasteiger charge is 2.21. The topological polar surface area (TPSA) is 69.0 Å². The summed E-state index contributed by atoms with van der Waals surface area (Å²) in [6.45, 7) is 5.18. The van der Waals surface area contributed by atoms with Gasteiger partial charge in [0.1, 0.15) is 24.6 Å². The van der Waals surface area contributed by atoms with Gasteiger partial charge in [0.05, 0.1) is 16.9 Å². The summed E-state index contributed by atoms with van der Waals surface area (Å²) in [5.74, 6) is 0. The molecule has 3 aromatic rings. The monoisotopic (exact) mass is 442 g/mol. The third-order valence-corrected chi connectivity index (χ3v) is 6.46. The van der Waals surface area contributed by atoms with E-state index in [1.807, 2.05) is 13.0 Å². The maximum absolute atomic E-state index is 5.65. The summed E-state index contributed by atoms with van der Waals surface area (Å²) in [5.41, 5.74) is 9.80. The molecule has 6 heteroatoms. The Bertz CT molecular complexity index is 1230. The number of para-hydroxylation sites is 1. The van der Waals surface area contributed by atoms with Gasteiger partial charge in [0.2, 0.25) is 0 Å². The number of hydrogen-bond donors (Lipinski definition) is 0. The number of pyridine rings is 2. The van der Waals surface area contributed by atoms with E-state index in [0.717, 1.165) is 79.0 Å². The van der Waals surface area contributed by atoms with E-state index in [-0.39, 0.29) is 0 Å². The second-order valence-corrected chi connectivity index (χ2v) is 8.84. The molecule has 0 bridgehead atoms. The van der Waals surface area contributed by atoms with Crippen molar-refractivity contribution in [2.75, 3.05) is 13.2 Å². The quantitative estimate of drug-likeness (QED) is 0.376. The summed E-state index contributed by atoms with van der Waals surface area (Å²) < 4.78 is 0. The summed E-state index contributed by atoms with van der Waals surface area (Å²) in [6.07, 6.45) is 6.80. The van der Waals surface area contributed by atoms with Crippen LogP contribution in [-0.4, -0.2) is 34.6 Å². The molecule has 170 valence electrons. The Hall–Kier alpha value is -3.28. The van der Waals surface area contributed by atoms with Gasteiger partial charge in [-0.25, -0.2) is 4.98 Å². The highest BCUT2D eigenvalue weighted by atomic mass is 16.6. The fraction of sp³-hybridized carbons (Fsp3) is 0.407. The molecule has 0 saturated carbocycles. The highest BCUT2D eigenvalue weighted by Crippen LogP contribution is 2.29. The average Bonchev–Trinajstić information content (AvgIpc) is 2.84. The second-order valence-electron chi connectivity index (χ2n) is 8.84. The van der Waals surface area contributed by atoms with Crippen LogP contribution in [0.25, 0.3) is 10.9 Å². The normalized spacial score (nSPS) is 17.8.